The molecule has 1 saturated heterocycles. The number of carboxylic acid groups (broad SMARTS) is 1. The van der Waals surface area contributed by atoms with E-state index in [2.05, 4.69) is 11.8 Å². The first kappa shape index (κ1) is 14.3. The van der Waals surface area contributed by atoms with E-state index in [-0.39, 0.29) is 0 Å². The van der Waals surface area contributed by atoms with E-state index in [9.17, 15) is 9.90 Å². The maximum absolute atomic E-state index is 11.2. The molecule has 19 heavy (non-hydrogen) atoms. The third kappa shape index (κ3) is 3.94. The van der Waals surface area contributed by atoms with Gasteiger partial charge in [-0.3, -0.25) is 4.90 Å². The lowest BCUT2D eigenvalue weighted by molar-refractivity contribution is 0.0697. The number of likely N-dealkylation sites (tertiary alicyclic amines) is 1. The van der Waals surface area contributed by atoms with Crippen LogP contribution in [0.3, 0.4) is 0 Å². The number of aromatic carboxylic acids is 1. The van der Waals surface area contributed by atoms with Crippen LogP contribution in [0.25, 0.3) is 0 Å². The van der Waals surface area contributed by atoms with Gasteiger partial charge in [0.1, 0.15) is 12.4 Å². The number of carboxylic acids is 1. The molecule has 0 spiro atoms. The van der Waals surface area contributed by atoms with Gasteiger partial charge in [-0.1, -0.05) is 13.3 Å². The molecule has 0 atom stereocenters. The molecule has 4 nitrogen and oxygen atoms in total. The molecule has 5 heteroatoms. The number of aryl methyl sites for hydroxylation is 1. The summed E-state index contributed by atoms with van der Waals surface area (Å²) in [5.74, 6) is -0.344. The van der Waals surface area contributed by atoms with Crippen LogP contribution in [0.5, 0.6) is 5.75 Å². The smallest absolute Gasteiger partial charge is 0.349 e. The van der Waals surface area contributed by atoms with Crippen molar-refractivity contribution in [3.63, 3.8) is 0 Å². The fourth-order valence-corrected chi connectivity index (χ4v) is 3.38. The Bertz CT molecular complexity index is 424. The third-order valence-corrected chi connectivity index (χ3v) is 4.47. The summed E-state index contributed by atoms with van der Waals surface area (Å²) in [6, 6.07) is 1.89. The predicted octanol–water partition coefficient (Wildman–Crippen LogP) is 2.87. The van der Waals surface area contributed by atoms with E-state index in [0.29, 0.717) is 17.2 Å². The van der Waals surface area contributed by atoms with Crippen molar-refractivity contribution in [1.29, 1.82) is 0 Å². The highest BCUT2D eigenvalue weighted by atomic mass is 32.1. The molecule has 0 aromatic carbocycles. The molecule has 106 valence electrons. The van der Waals surface area contributed by atoms with Crippen LogP contribution in [0.15, 0.2) is 6.07 Å². The number of nitrogens with zero attached hydrogens (tertiary/aromatic N) is 1. The minimum absolute atomic E-state index is 0.338. The van der Waals surface area contributed by atoms with Crippen LogP contribution in [0, 0.1) is 0 Å². The van der Waals surface area contributed by atoms with Gasteiger partial charge in [0.05, 0.1) is 0 Å². The van der Waals surface area contributed by atoms with E-state index in [0.717, 1.165) is 37.4 Å². The van der Waals surface area contributed by atoms with Crippen molar-refractivity contribution >= 4 is 17.3 Å². The molecule has 0 radical (unpaired) electrons. The van der Waals surface area contributed by atoms with Gasteiger partial charge in [0, 0.05) is 11.4 Å². The summed E-state index contributed by atoms with van der Waals surface area (Å²) in [7, 11) is 0. The Hall–Kier alpha value is -1.07. The minimum Gasteiger partial charge on any atom is -0.490 e. The standard InChI is InChI=1S/C14H21NO3S/c1-2-5-11-10-12(13(19-11)14(16)17)18-9-8-15-6-3-4-7-15/h10H,2-9H2,1H3,(H,16,17). The summed E-state index contributed by atoms with van der Waals surface area (Å²) < 4.78 is 5.68. The van der Waals surface area contributed by atoms with Gasteiger partial charge in [0.2, 0.25) is 0 Å². The molecule has 1 N–H and O–H groups in total. The van der Waals surface area contributed by atoms with E-state index in [1.807, 2.05) is 6.07 Å². The van der Waals surface area contributed by atoms with Crippen LogP contribution in [0.2, 0.25) is 0 Å². The van der Waals surface area contributed by atoms with E-state index >= 15 is 0 Å². The lowest BCUT2D eigenvalue weighted by Crippen LogP contribution is -2.25. The van der Waals surface area contributed by atoms with Gasteiger partial charge in [-0.25, -0.2) is 4.79 Å². The van der Waals surface area contributed by atoms with Gasteiger partial charge in [-0.15, -0.1) is 11.3 Å². The van der Waals surface area contributed by atoms with Crippen molar-refractivity contribution in [2.24, 2.45) is 0 Å². The molecule has 0 aliphatic carbocycles. The molecule has 2 rings (SSSR count). The van der Waals surface area contributed by atoms with E-state index in [1.54, 1.807) is 0 Å². The van der Waals surface area contributed by atoms with Gasteiger partial charge in [0.15, 0.2) is 4.88 Å². The molecule has 1 fully saturated rings. The quantitative estimate of drug-likeness (QED) is 0.836. The maximum Gasteiger partial charge on any atom is 0.349 e. The summed E-state index contributed by atoms with van der Waals surface area (Å²) >= 11 is 1.34. The Balaban J connectivity index is 1.91. The van der Waals surface area contributed by atoms with Gasteiger partial charge >= 0.3 is 5.97 Å². The highest BCUT2D eigenvalue weighted by Gasteiger charge is 2.17. The first-order chi connectivity index (χ1) is 9.20. The second-order valence-corrected chi connectivity index (χ2v) is 6.00. The summed E-state index contributed by atoms with van der Waals surface area (Å²) in [5.41, 5.74) is 0. The molecular formula is C14H21NO3S. The van der Waals surface area contributed by atoms with Gasteiger partial charge in [-0.2, -0.15) is 0 Å². The van der Waals surface area contributed by atoms with Crippen molar-refractivity contribution in [3.05, 3.63) is 15.8 Å². The van der Waals surface area contributed by atoms with Crippen molar-refractivity contribution < 1.29 is 14.6 Å². The monoisotopic (exact) mass is 283 g/mol. The van der Waals surface area contributed by atoms with Crippen LogP contribution < -0.4 is 4.74 Å². The third-order valence-electron chi connectivity index (χ3n) is 3.30. The molecule has 1 aromatic rings. The second kappa shape index (κ2) is 6.91. The summed E-state index contributed by atoms with van der Waals surface area (Å²) in [4.78, 5) is 15.0. The largest absolute Gasteiger partial charge is 0.490 e. The Labute approximate surface area is 118 Å². The molecule has 2 heterocycles. The minimum atomic E-state index is -0.886. The van der Waals surface area contributed by atoms with Crippen LogP contribution in [-0.4, -0.2) is 42.2 Å². The Kier molecular flexibility index (Phi) is 5.22. The maximum atomic E-state index is 11.2. The number of hydrogen-bond donors (Lipinski definition) is 1. The first-order valence-electron chi connectivity index (χ1n) is 6.92. The first-order valence-corrected chi connectivity index (χ1v) is 7.73. The average Bonchev–Trinajstić information content (AvgIpc) is 2.99. The number of rotatable bonds is 7. The van der Waals surface area contributed by atoms with Crippen LogP contribution in [-0.2, 0) is 6.42 Å². The van der Waals surface area contributed by atoms with E-state index < -0.39 is 5.97 Å². The number of hydrogen-bond acceptors (Lipinski definition) is 4. The summed E-state index contributed by atoms with van der Waals surface area (Å²) in [5, 5.41) is 9.18. The molecule has 1 aromatic heterocycles. The fourth-order valence-electron chi connectivity index (χ4n) is 2.34. The zero-order chi connectivity index (χ0) is 13.7. The number of ether oxygens (including phenoxy) is 1. The van der Waals surface area contributed by atoms with E-state index in [4.69, 9.17) is 4.74 Å². The molecule has 0 amide bonds. The molecule has 1 aliphatic heterocycles. The topological polar surface area (TPSA) is 49.8 Å². The molecule has 0 unspecified atom stereocenters. The normalized spacial score (nSPS) is 15.8. The zero-order valence-corrected chi connectivity index (χ0v) is 12.2. The zero-order valence-electron chi connectivity index (χ0n) is 11.4. The average molecular weight is 283 g/mol. The highest BCUT2D eigenvalue weighted by molar-refractivity contribution is 7.14. The lowest BCUT2D eigenvalue weighted by atomic mass is 10.3. The van der Waals surface area contributed by atoms with Gasteiger partial charge in [0.25, 0.3) is 0 Å². The van der Waals surface area contributed by atoms with Gasteiger partial charge < -0.3 is 9.84 Å². The van der Waals surface area contributed by atoms with Crippen LogP contribution in [0.4, 0.5) is 0 Å². The lowest BCUT2D eigenvalue weighted by Gasteiger charge is -2.14. The van der Waals surface area contributed by atoms with Crippen molar-refractivity contribution in [3.8, 4) is 5.75 Å². The Morgan fingerprint density at radius 1 is 1.47 bits per heavy atom. The Morgan fingerprint density at radius 3 is 2.84 bits per heavy atom. The molecular weight excluding hydrogens is 262 g/mol. The van der Waals surface area contributed by atoms with Gasteiger partial charge in [-0.05, 0) is 38.4 Å². The van der Waals surface area contributed by atoms with Crippen molar-refractivity contribution in [2.45, 2.75) is 32.6 Å². The molecule has 1 aliphatic rings. The fraction of sp³-hybridized carbons (Fsp3) is 0.643. The van der Waals surface area contributed by atoms with Crippen molar-refractivity contribution in [1.82, 2.24) is 4.90 Å². The molecule has 0 bridgehead atoms. The summed E-state index contributed by atoms with van der Waals surface area (Å²) in [6.45, 7) is 5.83. The van der Waals surface area contributed by atoms with Crippen molar-refractivity contribution in [2.75, 3.05) is 26.2 Å². The molecule has 0 saturated carbocycles. The summed E-state index contributed by atoms with van der Waals surface area (Å²) in [6.07, 6.45) is 4.46. The van der Waals surface area contributed by atoms with Crippen LogP contribution in [0.1, 0.15) is 40.7 Å². The highest BCUT2D eigenvalue weighted by Crippen LogP contribution is 2.30. The number of thiophene rings is 1. The SMILES string of the molecule is CCCc1cc(OCCN2CCCC2)c(C(=O)O)s1. The Morgan fingerprint density at radius 2 is 2.21 bits per heavy atom. The van der Waals surface area contributed by atoms with E-state index in [1.165, 1.54) is 24.2 Å². The predicted molar refractivity (Wildman–Crippen MR) is 76.4 cm³/mol. The second-order valence-electron chi connectivity index (χ2n) is 4.86. The van der Waals surface area contributed by atoms with Crippen LogP contribution >= 0.6 is 11.3 Å². The number of carbonyl (C=O) groups is 1.